The molecule has 0 N–H and O–H groups in total. The van der Waals surface area contributed by atoms with Gasteiger partial charge in [0, 0.05) is 17.7 Å². The first-order valence-electron chi connectivity index (χ1n) is 3.61. The predicted octanol–water partition coefficient (Wildman–Crippen LogP) is 2.83. The second-order valence-corrected chi connectivity index (χ2v) is 3.35. The van der Waals surface area contributed by atoms with Crippen molar-refractivity contribution in [1.82, 2.24) is 4.98 Å². The Morgan fingerprint density at radius 3 is 2.43 bits per heavy atom. The molecule has 0 aliphatic carbocycles. The first kappa shape index (κ1) is 11.2. The third kappa shape index (κ3) is 2.54. The van der Waals surface area contributed by atoms with E-state index in [-0.39, 0.29) is 5.69 Å². The molecule has 0 aliphatic heterocycles. The number of hydrogen-bond donors (Lipinski definition) is 0. The van der Waals surface area contributed by atoms with Gasteiger partial charge in [-0.3, -0.25) is 9.98 Å². The zero-order valence-electron chi connectivity index (χ0n) is 7.14. The predicted molar refractivity (Wildman–Crippen MR) is 50.5 cm³/mol. The molecule has 1 heterocycles. The molecule has 0 bridgehead atoms. The summed E-state index contributed by atoms with van der Waals surface area (Å²) in [7, 11) is 1.09. The lowest BCUT2D eigenvalue weighted by Crippen LogP contribution is -2.24. The van der Waals surface area contributed by atoms with E-state index in [1.54, 1.807) is 0 Å². The minimum atomic E-state index is -4.46. The number of rotatable bonds is 1. The molecule has 76 valence electrons. The molecule has 0 fully saturated rings. The van der Waals surface area contributed by atoms with Gasteiger partial charge in [-0.25, -0.2) is 0 Å². The molecule has 0 saturated heterocycles. The molecule has 0 saturated carbocycles. The zero-order chi connectivity index (χ0) is 10.8. The average molecular weight is 267 g/mol. The van der Waals surface area contributed by atoms with Crippen LogP contribution in [0.25, 0.3) is 0 Å². The van der Waals surface area contributed by atoms with Gasteiger partial charge in [-0.15, -0.1) is 0 Å². The van der Waals surface area contributed by atoms with Crippen LogP contribution < -0.4 is 0 Å². The van der Waals surface area contributed by atoms with Crippen LogP contribution in [0.3, 0.4) is 0 Å². The van der Waals surface area contributed by atoms with Gasteiger partial charge in [0.1, 0.15) is 0 Å². The highest BCUT2D eigenvalue weighted by Gasteiger charge is 2.36. The Bertz CT molecular complexity index is 343. The molecule has 1 rings (SSSR count). The van der Waals surface area contributed by atoms with E-state index in [9.17, 15) is 13.2 Å². The van der Waals surface area contributed by atoms with Crippen LogP contribution in [-0.2, 0) is 0 Å². The SMILES string of the molecule is CN=C(c1ccc(Br)cn1)C(F)(F)F. The lowest BCUT2D eigenvalue weighted by molar-refractivity contribution is -0.0582. The highest BCUT2D eigenvalue weighted by atomic mass is 79.9. The maximum absolute atomic E-state index is 12.3. The largest absolute Gasteiger partial charge is 0.435 e. The number of alkyl halides is 3. The first-order chi connectivity index (χ1) is 6.45. The molecule has 0 aliphatic rings. The standard InChI is InChI=1S/C8H6BrF3N2/c1-13-7(8(10,11)12)6-3-2-5(9)4-14-6/h2-4H,1H3. The second-order valence-electron chi connectivity index (χ2n) is 2.43. The number of nitrogens with zero attached hydrogens (tertiary/aromatic N) is 2. The topological polar surface area (TPSA) is 25.2 Å². The molecule has 0 atom stereocenters. The summed E-state index contributed by atoms with van der Waals surface area (Å²) < 4.78 is 37.6. The third-order valence-electron chi connectivity index (χ3n) is 1.46. The molecule has 0 radical (unpaired) electrons. The Balaban J connectivity index is 3.10. The minimum absolute atomic E-state index is 0.178. The summed E-state index contributed by atoms with van der Waals surface area (Å²) in [6, 6.07) is 2.75. The van der Waals surface area contributed by atoms with Crippen LogP contribution in [0.4, 0.5) is 13.2 Å². The first-order valence-corrected chi connectivity index (χ1v) is 4.40. The Morgan fingerprint density at radius 2 is 2.07 bits per heavy atom. The lowest BCUT2D eigenvalue weighted by Gasteiger charge is -2.08. The van der Waals surface area contributed by atoms with Crippen molar-refractivity contribution in [3.8, 4) is 0 Å². The van der Waals surface area contributed by atoms with Crippen molar-refractivity contribution in [2.45, 2.75) is 6.18 Å². The molecular weight excluding hydrogens is 261 g/mol. The normalized spacial score (nSPS) is 13.1. The van der Waals surface area contributed by atoms with Crippen LogP contribution >= 0.6 is 15.9 Å². The average Bonchev–Trinajstić information content (AvgIpc) is 2.07. The molecule has 1 aromatic rings. The summed E-state index contributed by atoms with van der Waals surface area (Å²) in [4.78, 5) is 6.79. The van der Waals surface area contributed by atoms with Gasteiger partial charge >= 0.3 is 6.18 Å². The minimum Gasteiger partial charge on any atom is -0.282 e. The van der Waals surface area contributed by atoms with Crippen molar-refractivity contribution in [1.29, 1.82) is 0 Å². The van der Waals surface area contributed by atoms with Gasteiger partial charge < -0.3 is 0 Å². The van der Waals surface area contributed by atoms with Crippen LogP contribution in [-0.4, -0.2) is 23.9 Å². The van der Waals surface area contributed by atoms with Gasteiger partial charge in [0.15, 0.2) is 5.71 Å². The fourth-order valence-corrected chi connectivity index (χ4v) is 1.14. The molecule has 6 heteroatoms. The summed E-state index contributed by atoms with van der Waals surface area (Å²) in [6.07, 6.45) is -3.16. The van der Waals surface area contributed by atoms with Gasteiger partial charge in [0.05, 0.1) is 5.69 Å². The lowest BCUT2D eigenvalue weighted by atomic mass is 10.2. The Kier molecular flexibility index (Phi) is 3.25. The van der Waals surface area contributed by atoms with Crippen LogP contribution in [0.2, 0.25) is 0 Å². The smallest absolute Gasteiger partial charge is 0.282 e. The monoisotopic (exact) mass is 266 g/mol. The molecule has 0 amide bonds. The van der Waals surface area contributed by atoms with E-state index < -0.39 is 11.9 Å². The van der Waals surface area contributed by atoms with Gasteiger partial charge in [-0.1, -0.05) is 0 Å². The summed E-state index contributed by atoms with van der Waals surface area (Å²) in [5.74, 6) is 0. The molecule has 0 unspecified atom stereocenters. The van der Waals surface area contributed by atoms with E-state index in [4.69, 9.17) is 0 Å². The van der Waals surface area contributed by atoms with Gasteiger partial charge in [0.2, 0.25) is 0 Å². The molecule has 2 nitrogen and oxygen atoms in total. The fourth-order valence-electron chi connectivity index (χ4n) is 0.902. The second kappa shape index (κ2) is 4.08. The maximum atomic E-state index is 12.3. The number of halogens is 4. The molecule has 14 heavy (non-hydrogen) atoms. The molecule has 0 spiro atoms. The van der Waals surface area contributed by atoms with Crippen molar-refractivity contribution in [2.24, 2.45) is 4.99 Å². The zero-order valence-corrected chi connectivity index (χ0v) is 8.72. The van der Waals surface area contributed by atoms with E-state index in [0.29, 0.717) is 4.47 Å². The Hall–Kier alpha value is -0.910. The molecule has 0 aromatic carbocycles. The number of hydrogen-bond acceptors (Lipinski definition) is 2. The van der Waals surface area contributed by atoms with E-state index >= 15 is 0 Å². The van der Waals surface area contributed by atoms with Crippen LogP contribution in [0, 0.1) is 0 Å². The fraction of sp³-hybridized carbons (Fsp3) is 0.250. The van der Waals surface area contributed by atoms with Crippen molar-refractivity contribution in [2.75, 3.05) is 7.05 Å². The molecular formula is C8H6BrF3N2. The van der Waals surface area contributed by atoms with Crippen LogP contribution in [0.5, 0.6) is 0 Å². The summed E-state index contributed by atoms with van der Waals surface area (Å²) in [6.45, 7) is 0. The third-order valence-corrected chi connectivity index (χ3v) is 1.93. The number of pyridine rings is 1. The van der Waals surface area contributed by atoms with E-state index in [1.807, 2.05) is 0 Å². The number of aromatic nitrogens is 1. The van der Waals surface area contributed by atoms with Gasteiger partial charge in [-0.05, 0) is 28.1 Å². The van der Waals surface area contributed by atoms with Gasteiger partial charge in [0.25, 0.3) is 0 Å². The maximum Gasteiger partial charge on any atom is 0.435 e. The van der Waals surface area contributed by atoms with E-state index in [0.717, 1.165) is 7.05 Å². The Labute approximate surface area is 87.0 Å². The van der Waals surface area contributed by atoms with Crippen molar-refractivity contribution in [3.63, 3.8) is 0 Å². The summed E-state index contributed by atoms with van der Waals surface area (Å²) in [5.41, 5.74) is -1.15. The van der Waals surface area contributed by atoms with E-state index in [2.05, 4.69) is 25.9 Å². The summed E-state index contributed by atoms with van der Waals surface area (Å²) >= 11 is 3.08. The highest BCUT2D eigenvalue weighted by molar-refractivity contribution is 9.10. The van der Waals surface area contributed by atoms with Crippen molar-refractivity contribution >= 4 is 21.6 Å². The van der Waals surface area contributed by atoms with Gasteiger partial charge in [-0.2, -0.15) is 13.2 Å². The van der Waals surface area contributed by atoms with Crippen molar-refractivity contribution in [3.05, 3.63) is 28.5 Å². The van der Waals surface area contributed by atoms with E-state index in [1.165, 1.54) is 18.3 Å². The number of aliphatic imine (C=N–C) groups is 1. The summed E-state index contributed by atoms with van der Waals surface area (Å²) in [5, 5.41) is 0. The van der Waals surface area contributed by atoms with Crippen LogP contribution in [0.1, 0.15) is 5.69 Å². The molecule has 1 aromatic heterocycles. The Morgan fingerprint density at radius 1 is 1.43 bits per heavy atom. The highest BCUT2D eigenvalue weighted by Crippen LogP contribution is 2.21. The quantitative estimate of drug-likeness (QED) is 0.718. The van der Waals surface area contributed by atoms with Crippen LogP contribution in [0.15, 0.2) is 27.8 Å². The van der Waals surface area contributed by atoms with Crippen molar-refractivity contribution < 1.29 is 13.2 Å².